The highest BCUT2D eigenvalue weighted by molar-refractivity contribution is 5.84. The van der Waals surface area contributed by atoms with E-state index in [0.717, 1.165) is 27.9 Å². The lowest BCUT2D eigenvalue weighted by Gasteiger charge is -2.06. The van der Waals surface area contributed by atoms with Gasteiger partial charge in [-0.2, -0.15) is 0 Å². The monoisotopic (exact) mass is 268 g/mol. The Morgan fingerprint density at radius 3 is 2.50 bits per heavy atom. The minimum atomic E-state index is -0.250. The van der Waals surface area contributed by atoms with Crippen LogP contribution in [0.15, 0.2) is 48.7 Å². The summed E-state index contributed by atoms with van der Waals surface area (Å²) in [4.78, 5) is 8.79. The van der Waals surface area contributed by atoms with Gasteiger partial charge in [-0.15, -0.1) is 0 Å². The van der Waals surface area contributed by atoms with Gasteiger partial charge in [0.2, 0.25) is 0 Å². The van der Waals surface area contributed by atoms with E-state index in [1.54, 1.807) is 12.3 Å². The standard InChI is InChI=1S/C15H11FN2.C2H6/c1-10-13(15-4-2-3-7-17-15)9-11-8-12(16)5-6-14(11)18-10;1-2/h2-9H,1H3;1-2H3. The second-order valence-corrected chi connectivity index (χ2v) is 4.17. The van der Waals surface area contributed by atoms with Crippen molar-refractivity contribution in [3.8, 4) is 11.3 Å². The van der Waals surface area contributed by atoms with E-state index < -0.39 is 0 Å². The fraction of sp³-hybridized carbons (Fsp3) is 0.176. The molecular weight excluding hydrogens is 251 g/mol. The number of nitrogens with zero attached hydrogens (tertiary/aromatic N) is 2. The van der Waals surface area contributed by atoms with Gasteiger partial charge in [0.1, 0.15) is 5.82 Å². The van der Waals surface area contributed by atoms with Crippen molar-refractivity contribution in [2.45, 2.75) is 20.8 Å². The molecular formula is C17H17FN2. The topological polar surface area (TPSA) is 25.8 Å². The largest absolute Gasteiger partial charge is 0.256 e. The van der Waals surface area contributed by atoms with E-state index in [1.807, 2.05) is 45.0 Å². The molecule has 3 aromatic rings. The molecule has 0 aliphatic heterocycles. The summed E-state index contributed by atoms with van der Waals surface area (Å²) < 4.78 is 13.2. The van der Waals surface area contributed by atoms with Crippen LogP contribution < -0.4 is 0 Å². The molecule has 102 valence electrons. The van der Waals surface area contributed by atoms with Crippen molar-refractivity contribution < 1.29 is 4.39 Å². The van der Waals surface area contributed by atoms with Crippen LogP contribution in [0.25, 0.3) is 22.2 Å². The first kappa shape index (κ1) is 14.1. The third-order valence-electron chi connectivity index (χ3n) is 2.91. The van der Waals surface area contributed by atoms with E-state index in [4.69, 9.17) is 0 Å². The normalized spacial score (nSPS) is 10.0. The third kappa shape index (κ3) is 2.82. The first-order valence-electron chi connectivity index (χ1n) is 6.72. The lowest BCUT2D eigenvalue weighted by molar-refractivity contribution is 0.629. The second-order valence-electron chi connectivity index (χ2n) is 4.17. The summed E-state index contributed by atoms with van der Waals surface area (Å²) in [6.07, 6.45) is 1.74. The van der Waals surface area contributed by atoms with Crippen molar-refractivity contribution in [1.82, 2.24) is 9.97 Å². The lowest BCUT2D eigenvalue weighted by atomic mass is 10.1. The van der Waals surface area contributed by atoms with Crippen molar-refractivity contribution in [2.75, 3.05) is 0 Å². The Morgan fingerprint density at radius 1 is 1.00 bits per heavy atom. The molecule has 0 saturated heterocycles. The Bertz CT molecular complexity index is 709. The Hall–Kier alpha value is -2.29. The first-order valence-corrected chi connectivity index (χ1v) is 6.72. The zero-order valence-electron chi connectivity index (χ0n) is 11.9. The summed E-state index contributed by atoms with van der Waals surface area (Å²) in [5.74, 6) is -0.250. The van der Waals surface area contributed by atoms with Crippen LogP contribution in [0.4, 0.5) is 4.39 Å². The van der Waals surface area contributed by atoms with Crippen LogP contribution in [-0.2, 0) is 0 Å². The van der Waals surface area contributed by atoms with Gasteiger partial charge in [0, 0.05) is 22.8 Å². The number of rotatable bonds is 1. The van der Waals surface area contributed by atoms with Crippen molar-refractivity contribution in [3.63, 3.8) is 0 Å². The van der Waals surface area contributed by atoms with Gasteiger partial charge in [0.25, 0.3) is 0 Å². The van der Waals surface area contributed by atoms with Gasteiger partial charge < -0.3 is 0 Å². The lowest BCUT2D eigenvalue weighted by Crippen LogP contribution is -1.91. The Balaban J connectivity index is 0.000000704. The molecule has 0 amide bonds. The van der Waals surface area contributed by atoms with Crippen LogP contribution in [0.1, 0.15) is 19.5 Å². The van der Waals surface area contributed by atoms with E-state index in [2.05, 4.69) is 9.97 Å². The molecule has 2 heterocycles. The van der Waals surface area contributed by atoms with Crippen molar-refractivity contribution in [1.29, 1.82) is 0 Å². The van der Waals surface area contributed by atoms with Gasteiger partial charge in [-0.05, 0) is 43.3 Å². The summed E-state index contributed by atoms with van der Waals surface area (Å²) in [5.41, 5.74) is 3.49. The molecule has 3 rings (SSSR count). The molecule has 0 saturated carbocycles. The van der Waals surface area contributed by atoms with Gasteiger partial charge in [-0.1, -0.05) is 19.9 Å². The molecule has 0 unspecified atom stereocenters. The Kier molecular flexibility index (Phi) is 4.41. The molecule has 0 fully saturated rings. The molecule has 20 heavy (non-hydrogen) atoms. The number of benzene rings is 1. The van der Waals surface area contributed by atoms with Crippen LogP contribution in [0, 0.1) is 12.7 Å². The quantitative estimate of drug-likeness (QED) is 0.635. The number of halogens is 1. The van der Waals surface area contributed by atoms with E-state index in [1.165, 1.54) is 12.1 Å². The van der Waals surface area contributed by atoms with Crippen molar-refractivity contribution in [3.05, 3.63) is 60.2 Å². The molecule has 1 aromatic carbocycles. The van der Waals surface area contributed by atoms with Crippen LogP contribution in [-0.4, -0.2) is 9.97 Å². The molecule has 0 aliphatic rings. The van der Waals surface area contributed by atoms with E-state index >= 15 is 0 Å². The maximum atomic E-state index is 13.2. The highest BCUT2D eigenvalue weighted by Gasteiger charge is 2.07. The van der Waals surface area contributed by atoms with Gasteiger partial charge in [0.15, 0.2) is 0 Å². The fourth-order valence-electron chi connectivity index (χ4n) is 2.03. The molecule has 0 aliphatic carbocycles. The average Bonchev–Trinajstić information content (AvgIpc) is 2.50. The molecule has 2 nitrogen and oxygen atoms in total. The SMILES string of the molecule is CC.Cc1nc2ccc(F)cc2cc1-c1ccccn1. The predicted octanol–water partition coefficient (Wildman–Crippen LogP) is 4.77. The molecule has 2 aromatic heterocycles. The summed E-state index contributed by atoms with van der Waals surface area (Å²) >= 11 is 0. The zero-order chi connectivity index (χ0) is 14.5. The number of hydrogen-bond donors (Lipinski definition) is 0. The van der Waals surface area contributed by atoms with Crippen LogP contribution in [0.2, 0.25) is 0 Å². The Morgan fingerprint density at radius 2 is 1.80 bits per heavy atom. The highest BCUT2D eigenvalue weighted by Crippen LogP contribution is 2.24. The average molecular weight is 268 g/mol. The van der Waals surface area contributed by atoms with Crippen LogP contribution >= 0.6 is 0 Å². The first-order chi connectivity index (χ1) is 9.74. The molecule has 3 heteroatoms. The number of pyridine rings is 2. The summed E-state index contributed by atoms with van der Waals surface area (Å²) in [7, 11) is 0. The van der Waals surface area contributed by atoms with E-state index in [-0.39, 0.29) is 5.82 Å². The summed E-state index contributed by atoms with van der Waals surface area (Å²) in [5, 5.41) is 0.793. The molecule has 0 N–H and O–H groups in total. The van der Waals surface area contributed by atoms with Crippen molar-refractivity contribution in [2.24, 2.45) is 0 Å². The highest BCUT2D eigenvalue weighted by atomic mass is 19.1. The minimum absolute atomic E-state index is 0.250. The second kappa shape index (κ2) is 6.24. The number of hydrogen-bond acceptors (Lipinski definition) is 2. The number of aryl methyl sites for hydroxylation is 1. The van der Waals surface area contributed by atoms with Crippen LogP contribution in [0.5, 0.6) is 0 Å². The van der Waals surface area contributed by atoms with E-state index in [0.29, 0.717) is 0 Å². The fourth-order valence-corrected chi connectivity index (χ4v) is 2.03. The predicted molar refractivity (Wildman–Crippen MR) is 81.0 cm³/mol. The van der Waals surface area contributed by atoms with Gasteiger partial charge in [0.05, 0.1) is 11.2 Å². The van der Waals surface area contributed by atoms with Crippen LogP contribution in [0.3, 0.4) is 0 Å². The number of fused-ring (bicyclic) bond motifs is 1. The molecule has 0 spiro atoms. The van der Waals surface area contributed by atoms with Gasteiger partial charge in [-0.3, -0.25) is 9.97 Å². The minimum Gasteiger partial charge on any atom is -0.256 e. The van der Waals surface area contributed by atoms with Gasteiger partial charge in [-0.25, -0.2) is 4.39 Å². The number of aromatic nitrogens is 2. The van der Waals surface area contributed by atoms with E-state index in [9.17, 15) is 4.39 Å². The molecule has 0 atom stereocenters. The maximum absolute atomic E-state index is 13.2. The van der Waals surface area contributed by atoms with Crippen molar-refractivity contribution >= 4 is 10.9 Å². The zero-order valence-corrected chi connectivity index (χ0v) is 11.9. The molecule has 0 radical (unpaired) electrons. The Labute approximate surface area is 118 Å². The smallest absolute Gasteiger partial charge is 0.123 e. The summed E-state index contributed by atoms with van der Waals surface area (Å²) in [6.45, 7) is 5.94. The van der Waals surface area contributed by atoms with Gasteiger partial charge >= 0.3 is 0 Å². The summed E-state index contributed by atoms with van der Waals surface area (Å²) in [6, 6.07) is 12.3. The maximum Gasteiger partial charge on any atom is 0.123 e. The third-order valence-corrected chi connectivity index (χ3v) is 2.91. The molecule has 0 bridgehead atoms.